The molecular formula is C35H36N4O6. The first-order chi connectivity index (χ1) is 22.0. The average Bonchev–Trinajstić information content (AvgIpc) is 3.09. The summed E-state index contributed by atoms with van der Waals surface area (Å²) in [5, 5.41) is 15.3. The zero-order chi connectivity index (χ0) is 31.4. The van der Waals surface area contributed by atoms with Gasteiger partial charge in [0.05, 0.1) is 19.7 Å². The Bertz CT molecular complexity index is 1610. The van der Waals surface area contributed by atoms with Gasteiger partial charge >= 0.3 is 12.1 Å². The number of para-hydroxylation sites is 1. The molecule has 45 heavy (non-hydrogen) atoms. The van der Waals surface area contributed by atoms with E-state index in [1.807, 2.05) is 72.8 Å². The second-order valence-electron chi connectivity index (χ2n) is 10.6. The highest BCUT2D eigenvalue weighted by Gasteiger charge is 2.34. The summed E-state index contributed by atoms with van der Waals surface area (Å²) >= 11 is 0. The number of benzene rings is 3. The fourth-order valence-electron chi connectivity index (χ4n) is 5.11. The van der Waals surface area contributed by atoms with Gasteiger partial charge in [-0.1, -0.05) is 60.7 Å². The number of likely N-dealkylation sites (tertiary alicyclic amines) is 1. The summed E-state index contributed by atoms with van der Waals surface area (Å²) < 4.78 is 18.1. The molecule has 1 saturated heterocycles. The highest BCUT2D eigenvalue weighted by Crippen LogP contribution is 2.30. The smallest absolute Gasteiger partial charge is 0.415 e. The highest BCUT2D eigenvalue weighted by atomic mass is 16.6. The van der Waals surface area contributed by atoms with Crippen molar-refractivity contribution < 1.29 is 33.5 Å². The Labute approximate surface area is 262 Å². The van der Waals surface area contributed by atoms with Crippen molar-refractivity contribution in [2.75, 3.05) is 19.0 Å². The van der Waals surface area contributed by atoms with Crippen molar-refractivity contribution in [2.45, 2.75) is 45.2 Å². The van der Waals surface area contributed by atoms with Gasteiger partial charge in [-0.2, -0.15) is 4.57 Å². The topological polar surface area (TPSA) is 116 Å². The van der Waals surface area contributed by atoms with E-state index in [4.69, 9.17) is 14.2 Å². The molecule has 0 aliphatic carbocycles. The van der Waals surface area contributed by atoms with Crippen molar-refractivity contribution in [3.63, 3.8) is 0 Å². The third kappa shape index (κ3) is 8.60. The molecule has 0 unspecified atom stereocenters. The Hall–Kier alpha value is -5.38. The Kier molecular flexibility index (Phi) is 10.6. The van der Waals surface area contributed by atoms with Crippen LogP contribution in [0, 0.1) is 0 Å². The van der Waals surface area contributed by atoms with Gasteiger partial charge in [0.15, 0.2) is 12.4 Å². The normalized spacial score (nSPS) is 14.8. The number of methoxy groups -OCH3 is 1. The van der Waals surface area contributed by atoms with E-state index < -0.39 is 24.1 Å². The third-order valence-corrected chi connectivity index (χ3v) is 7.44. The maximum Gasteiger partial charge on any atom is 0.415 e. The quantitative estimate of drug-likeness (QED) is 0.120. The minimum Gasteiger partial charge on any atom is -0.846 e. The first kappa shape index (κ1) is 31.1. The zero-order valence-electron chi connectivity index (χ0n) is 25.1. The summed E-state index contributed by atoms with van der Waals surface area (Å²) in [4.78, 5) is 30.3. The molecule has 0 spiro atoms. The molecular weight excluding hydrogens is 572 g/mol. The number of anilines is 1. The number of piperidine rings is 1. The van der Waals surface area contributed by atoms with Crippen molar-refractivity contribution in [1.29, 1.82) is 0 Å². The van der Waals surface area contributed by atoms with Crippen molar-refractivity contribution in [1.82, 2.24) is 4.90 Å². The van der Waals surface area contributed by atoms with Crippen LogP contribution in [0.25, 0.3) is 11.1 Å². The molecule has 10 nitrogen and oxygen atoms in total. The van der Waals surface area contributed by atoms with Gasteiger partial charge in [-0.3, -0.25) is 9.89 Å². The number of carbonyl (C=O) groups is 2. The number of amides is 1. The molecule has 1 aromatic heterocycles. The first-order valence-corrected chi connectivity index (χ1v) is 14.8. The van der Waals surface area contributed by atoms with E-state index in [9.17, 15) is 14.7 Å². The standard InChI is InChI=1S/C35H36N4O6/c1-43-33(40)31-14-7-8-21-39(31)35(42)45-25-38-20-9-10-27(23-38)22-36-34(41)37-29-18-16-26(17-19-29)24-44-32-15-6-5-13-30(32)28-11-3-2-4-12-28/h2-6,9-13,15-20,23,31H,7-8,14,21-22,24-25H2,1H3,(H-,36,37,41)/t31-/m0/s1. The summed E-state index contributed by atoms with van der Waals surface area (Å²) in [5.74, 6) is 0.362. The van der Waals surface area contributed by atoms with Gasteiger partial charge in [-0.05, 0) is 54.7 Å². The number of esters is 1. The van der Waals surface area contributed by atoms with Crippen LogP contribution in [0.3, 0.4) is 0 Å². The minimum atomic E-state index is -0.628. The molecule has 1 amide bonds. The second-order valence-corrected chi connectivity index (χ2v) is 10.6. The molecule has 2 heterocycles. The first-order valence-electron chi connectivity index (χ1n) is 14.8. The molecule has 10 heteroatoms. The summed E-state index contributed by atoms with van der Waals surface area (Å²) in [7, 11) is 1.31. The maximum atomic E-state index is 12.7. The van der Waals surface area contributed by atoms with E-state index in [2.05, 4.69) is 22.4 Å². The Balaban J connectivity index is 1.11. The molecule has 1 aliphatic rings. The molecule has 4 aromatic rings. The van der Waals surface area contributed by atoms with E-state index in [1.54, 1.807) is 23.0 Å². The number of pyridine rings is 1. The number of rotatable bonds is 10. The van der Waals surface area contributed by atoms with E-state index in [0.717, 1.165) is 40.8 Å². The Morgan fingerprint density at radius 3 is 2.53 bits per heavy atom. The maximum absolute atomic E-state index is 12.7. The predicted octanol–water partition coefficient (Wildman–Crippen LogP) is 4.67. The molecule has 1 fully saturated rings. The fourth-order valence-corrected chi connectivity index (χ4v) is 5.11. The summed E-state index contributed by atoms with van der Waals surface area (Å²) in [5.41, 5.74) is 4.46. The number of nitrogens with zero attached hydrogens (tertiary/aromatic N) is 3. The van der Waals surface area contributed by atoms with Crippen LogP contribution in [0.4, 0.5) is 10.5 Å². The average molecular weight is 609 g/mol. The lowest BCUT2D eigenvalue weighted by molar-refractivity contribution is -0.727. The van der Waals surface area contributed by atoms with Crippen molar-refractivity contribution >= 4 is 23.8 Å². The number of carbonyl (C=O) groups excluding carboxylic acids is 2. The highest BCUT2D eigenvalue weighted by molar-refractivity contribution is 5.85. The minimum absolute atomic E-state index is 0.0445. The summed E-state index contributed by atoms with van der Waals surface area (Å²) in [6, 6.07) is 28.0. The Morgan fingerprint density at radius 2 is 1.73 bits per heavy atom. The van der Waals surface area contributed by atoms with Crippen LogP contribution in [0.2, 0.25) is 0 Å². The third-order valence-electron chi connectivity index (χ3n) is 7.44. The second kappa shape index (κ2) is 15.4. The van der Waals surface area contributed by atoms with Gasteiger partial charge in [-0.25, -0.2) is 9.59 Å². The molecule has 0 bridgehead atoms. The molecule has 3 aromatic carbocycles. The van der Waals surface area contributed by atoms with Crippen LogP contribution in [0.5, 0.6) is 5.75 Å². The van der Waals surface area contributed by atoms with Crippen LogP contribution < -0.4 is 19.7 Å². The molecule has 0 saturated carbocycles. The lowest BCUT2D eigenvalue weighted by Crippen LogP contribution is -2.49. The van der Waals surface area contributed by atoms with Gasteiger partial charge in [0, 0.05) is 29.4 Å². The number of amidine groups is 1. The summed E-state index contributed by atoms with van der Waals surface area (Å²) in [6.07, 6.45) is 5.14. The molecule has 5 rings (SSSR count). The van der Waals surface area contributed by atoms with Gasteiger partial charge in [0.25, 0.3) is 6.73 Å². The number of aromatic nitrogens is 1. The zero-order valence-corrected chi connectivity index (χ0v) is 25.1. The summed E-state index contributed by atoms with van der Waals surface area (Å²) in [6.45, 7) is 0.924. The van der Waals surface area contributed by atoms with Crippen LogP contribution in [-0.2, 0) is 34.2 Å². The van der Waals surface area contributed by atoms with Gasteiger partial charge in [0.2, 0.25) is 0 Å². The number of hydrogen-bond donors (Lipinski definition) is 1. The monoisotopic (exact) mass is 608 g/mol. The molecule has 1 atom stereocenters. The van der Waals surface area contributed by atoms with Gasteiger partial charge in [-0.15, -0.1) is 0 Å². The lowest BCUT2D eigenvalue weighted by Gasteiger charge is -2.32. The number of aliphatic imine (C=N–C) groups is 1. The van der Waals surface area contributed by atoms with Crippen LogP contribution in [-0.4, -0.2) is 42.7 Å². The fraction of sp³-hybridized carbons (Fsp3) is 0.257. The SMILES string of the molecule is COC(=O)[C@@H]1CCCCN1C(=O)OC[n+]1cccc(CN=C([O-])Nc2ccc(COc3ccccc3-c3ccccc3)cc2)c1. The van der Waals surface area contributed by atoms with E-state index >= 15 is 0 Å². The number of ether oxygens (including phenoxy) is 3. The molecule has 232 valence electrons. The van der Waals surface area contributed by atoms with Crippen molar-refractivity contribution in [2.24, 2.45) is 4.99 Å². The van der Waals surface area contributed by atoms with Crippen LogP contribution >= 0.6 is 0 Å². The Morgan fingerprint density at radius 1 is 0.956 bits per heavy atom. The largest absolute Gasteiger partial charge is 0.846 e. The molecule has 1 aliphatic heterocycles. The van der Waals surface area contributed by atoms with Crippen LogP contribution in [0.15, 0.2) is 108 Å². The molecule has 0 radical (unpaired) electrons. The van der Waals surface area contributed by atoms with Gasteiger partial charge < -0.3 is 24.6 Å². The van der Waals surface area contributed by atoms with Crippen molar-refractivity contribution in [3.05, 3.63) is 115 Å². The van der Waals surface area contributed by atoms with Gasteiger partial charge in [0.1, 0.15) is 18.4 Å². The molecule has 1 N–H and O–H groups in total. The number of nitrogens with one attached hydrogen (secondary N) is 1. The van der Waals surface area contributed by atoms with Crippen molar-refractivity contribution in [3.8, 4) is 16.9 Å². The van der Waals surface area contributed by atoms with E-state index in [-0.39, 0.29) is 13.3 Å². The number of hydrogen-bond acceptors (Lipinski definition) is 7. The van der Waals surface area contributed by atoms with E-state index in [0.29, 0.717) is 25.3 Å². The predicted molar refractivity (Wildman–Crippen MR) is 167 cm³/mol. The van der Waals surface area contributed by atoms with E-state index in [1.165, 1.54) is 12.0 Å². The van der Waals surface area contributed by atoms with Crippen LogP contribution in [0.1, 0.15) is 30.4 Å². The lowest BCUT2D eigenvalue weighted by atomic mass is 10.0.